The normalized spacial score (nSPS) is 11.0. The third kappa shape index (κ3) is 4.63. The highest BCUT2D eigenvalue weighted by molar-refractivity contribution is 5.63. The van der Waals surface area contributed by atoms with E-state index in [1.807, 2.05) is 35.3 Å². The fourth-order valence-electron chi connectivity index (χ4n) is 3.41. The van der Waals surface area contributed by atoms with Gasteiger partial charge >= 0.3 is 0 Å². The van der Waals surface area contributed by atoms with Crippen LogP contribution in [0.15, 0.2) is 73.1 Å². The molecule has 2 aromatic heterocycles. The monoisotopic (exact) mass is 400 g/mol. The molecule has 4 rings (SSSR count). The SMILES string of the molecule is CCc1ccc(CNCc2cn(-c3cccc(C)c3)nc2-c2cccc(F)c2)nc1. The number of pyridine rings is 1. The Hall–Kier alpha value is -3.31. The molecule has 0 amide bonds. The maximum absolute atomic E-state index is 13.8. The minimum absolute atomic E-state index is 0.267. The third-order valence-corrected chi connectivity index (χ3v) is 5.07. The van der Waals surface area contributed by atoms with Gasteiger partial charge in [-0.05, 0) is 54.8 Å². The van der Waals surface area contributed by atoms with Crippen molar-refractivity contribution in [3.63, 3.8) is 0 Å². The summed E-state index contributed by atoms with van der Waals surface area (Å²) >= 11 is 0. The number of aromatic nitrogens is 3. The van der Waals surface area contributed by atoms with Crippen LogP contribution in [0.2, 0.25) is 0 Å². The summed E-state index contributed by atoms with van der Waals surface area (Å²) in [6.45, 7) is 5.44. The first-order valence-corrected chi connectivity index (χ1v) is 10.2. The number of halogens is 1. The standard InChI is InChI=1S/C25H25FN4/c1-3-19-10-11-23(28-14-19)16-27-15-21-17-30(24-9-4-6-18(2)12-24)29-25(21)20-7-5-8-22(26)13-20/h4-14,17,27H,3,15-16H2,1-2H3. The van der Waals surface area contributed by atoms with Gasteiger partial charge in [-0.3, -0.25) is 4.98 Å². The molecule has 0 aliphatic carbocycles. The molecule has 0 fully saturated rings. The predicted molar refractivity (Wildman–Crippen MR) is 118 cm³/mol. The Morgan fingerprint density at radius 3 is 2.60 bits per heavy atom. The average Bonchev–Trinajstić information content (AvgIpc) is 3.18. The minimum atomic E-state index is -0.267. The Bertz CT molecular complexity index is 1130. The smallest absolute Gasteiger partial charge is 0.123 e. The van der Waals surface area contributed by atoms with Gasteiger partial charge in [0.1, 0.15) is 5.82 Å². The highest BCUT2D eigenvalue weighted by atomic mass is 19.1. The predicted octanol–water partition coefficient (Wildman–Crippen LogP) is 5.23. The number of hydrogen-bond acceptors (Lipinski definition) is 3. The van der Waals surface area contributed by atoms with Crippen molar-refractivity contribution in [2.24, 2.45) is 0 Å². The quantitative estimate of drug-likeness (QED) is 0.462. The molecule has 0 aliphatic heterocycles. The molecule has 2 aromatic carbocycles. The Morgan fingerprint density at radius 2 is 1.87 bits per heavy atom. The molecule has 0 aliphatic rings. The topological polar surface area (TPSA) is 42.7 Å². The summed E-state index contributed by atoms with van der Waals surface area (Å²) in [6, 6.07) is 18.9. The summed E-state index contributed by atoms with van der Waals surface area (Å²) in [4.78, 5) is 4.50. The Morgan fingerprint density at radius 1 is 1.00 bits per heavy atom. The molecular weight excluding hydrogens is 375 g/mol. The molecule has 2 heterocycles. The lowest BCUT2D eigenvalue weighted by molar-refractivity contribution is 0.628. The van der Waals surface area contributed by atoms with Crippen molar-refractivity contribution in [3.05, 3.63) is 101 Å². The van der Waals surface area contributed by atoms with Gasteiger partial charge in [0.15, 0.2) is 0 Å². The van der Waals surface area contributed by atoms with Gasteiger partial charge in [-0.1, -0.05) is 37.3 Å². The second-order valence-electron chi connectivity index (χ2n) is 7.41. The van der Waals surface area contributed by atoms with E-state index < -0.39 is 0 Å². The summed E-state index contributed by atoms with van der Waals surface area (Å²) in [6.07, 6.45) is 4.91. The Balaban J connectivity index is 1.59. The highest BCUT2D eigenvalue weighted by Gasteiger charge is 2.13. The molecule has 0 spiro atoms. The van der Waals surface area contributed by atoms with E-state index in [2.05, 4.69) is 48.4 Å². The average molecular weight is 401 g/mol. The molecule has 0 unspecified atom stereocenters. The summed E-state index contributed by atoms with van der Waals surface area (Å²) in [5.41, 5.74) is 6.91. The largest absolute Gasteiger partial charge is 0.307 e. The first kappa shape index (κ1) is 20.0. The molecule has 1 N–H and O–H groups in total. The van der Waals surface area contributed by atoms with Gasteiger partial charge in [0.25, 0.3) is 0 Å². The van der Waals surface area contributed by atoms with Crippen LogP contribution in [0.5, 0.6) is 0 Å². The van der Waals surface area contributed by atoms with Crippen molar-refractivity contribution >= 4 is 0 Å². The van der Waals surface area contributed by atoms with E-state index in [9.17, 15) is 4.39 Å². The second kappa shape index (κ2) is 9.01. The third-order valence-electron chi connectivity index (χ3n) is 5.07. The molecule has 0 bridgehead atoms. The van der Waals surface area contributed by atoms with Crippen molar-refractivity contribution in [1.82, 2.24) is 20.1 Å². The van der Waals surface area contributed by atoms with Gasteiger partial charge < -0.3 is 5.32 Å². The number of rotatable bonds is 7. The van der Waals surface area contributed by atoms with Crippen molar-refractivity contribution in [1.29, 1.82) is 0 Å². The van der Waals surface area contributed by atoms with Crippen LogP contribution >= 0.6 is 0 Å². The van der Waals surface area contributed by atoms with E-state index in [-0.39, 0.29) is 5.82 Å². The molecule has 0 radical (unpaired) electrons. The molecule has 4 nitrogen and oxygen atoms in total. The molecule has 4 aromatic rings. The summed E-state index contributed by atoms with van der Waals surface area (Å²) in [5, 5.41) is 8.22. The van der Waals surface area contributed by atoms with E-state index in [0.717, 1.165) is 40.2 Å². The summed E-state index contributed by atoms with van der Waals surface area (Å²) < 4.78 is 15.7. The zero-order valence-electron chi connectivity index (χ0n) is 17.3. The van der Waals surface area contributed by atoms with Crippen LogP contribution in [-0.2, 0) is 19.5 Å². The van der Waals surface area contributed by atoms with Gasteiger partial charge in [0.2, 0.25) is 0 Å². The lowest BCUT2D eigenvalue weighted by Crippen LogP contribution is -2.14. The highest BCUT2D eigenvalue weighted by Crippen LogP contribution is 2.25. The zero-order valence-corrected chi connectivity index (χ0v) is 17.3. The van der Waals surface area contributed by atoms with Crippen LogP contribution in [0.4, 0.5) is 4.39 Å². The Labute approximate surface area is 176 Å². The number of aryl methyl sites for hydroxylation is 2. The number of hydrogen-bond donors (Lipinski definition) is 1. The van der Waals surface area contributed by atoms with Crippen molar-refractivity contribution in [2.45, 2.75) is 33.4 Å². The molecule has 152 valence electrons. The van der Waals surface area contributed by atoms with Gasteiger partial charge in [-0.15, -0.1) is 0 Å². The van der Waals surface area contributed by atoms with Crippen LogP contribution in [-0.4, -0.2) is 14.8 Å². The minimum Gasteiger partial charge on any atom is -0.307 e. The van der Waals surface area contributed by atoms with Crippen LogP contribution in [0.25, 0.3) is 16.9 Å². The van der Waals surface area contributed by atoms with E-state index >= 15 is 0 Å². The molecule has 0 saturated heterocycles. The zero-order chi connectivity index (χ0) is 20.9. The number of nitrogens with one attached hydrogen (secondary N) is 1. The lowest BCUT2D eigenvalue weighted by Gasteiger charge is -2.06. The molecule has 30 heavy (non-hydrogen) atoms. The fraction of sp³-hybridized carbons (Fsp3) is 0.200. The van der Waals surface area contributed by atoms with Crippen LogP contribution < -0.4 is 5.32 Å². The second-order valence-corrected chi connectivity index (χ2v) is 7.41. The van der Waals surface area contributed by atoms with Crippen LogP contribution in [0.3, 0.4) is 0 Å². The lowest BCUT2D eigenvalue weighted by atomic mass is 10.1. The summed E-state index contributed by atoms with van der Waals surface area (Å²) in [7, 11) is 0. The summed E-state index contributed by atoms with van der Waals surface area (Å²) in [5.74, 6) is -0.267. The fourth-order valence-corrected chi connectivity index (χ4v) is 3.41. The van der Waals surface area contributed by atoms with Gasteiger partial charge in [-0.25, -0.2) is 9.07 Å². The van der Waals surface area contributed by atoms with Gasteiger partial charge in [0.05, 0.1) is 17.1 Å². The molecule has 0 atom stereocenters. The number of nitrogens with zero attached hydrogens (tertiary/aromatic N) is 3. The van der Waals surface area contributed by atoms with E-state index in [4.69, 9.17) is 5.10 Å². The molecular formula is C25H25FN4. The molecule has 5 heteroatoms. The van der Waals surface area contributed by atoms with E-state index in [1.54, 1.807) is 6.07 Å². The number of benzene rings is 2. The Kier molecular flexibility index (Phi) is 6.00. The van der Waals surface area contributed by atoms with Crippen LogP contribution in [0.1, 0.15) is 29.3 Å². The van der Waals surface area contributed by atoms with Crippen LogP contribution in [0, 0.1) is 12.7 Å². The molecule has 0 saturated carbocycles. The van der Waals surface area contributed by atoms with Crippen molar-refractivity contribution < 1.29 is 4.39 Å². The first-order valence-electron chi connectivity index (χ1n) is 10.2. The van der Waals surface area contributed by atoms with E-state index in [0.29, 0.717) is 13.1 Å². The maximum Gasteiger partial charge on any atom is 0.123 e. The van der Waals surface area contributed by atoms with E-state index in [1.165, 1.54) is 17.7 Å². The maximum atomic E-state index is 13.8. The van der Waals surface area contributed by atoms with Gasteiger partial charge in [-0.2, -0.15) is 5.10 Å². The van der Waals surface area contributed by atoms with Crippen molar-refractivity contribution in [2.75, 3.05) is 0 Å². The first-order chi connectivity index (χ1) is 14.6. The van der Waals surface area contributed by atoms with Crippen molar-refractivity contribution in [3.8, 4) is 16.9 Å². The van der Waals surface area contributed by atoms with Gasteiger partial charge in [0, 0.05) is 36.6 Å².